The molecular formula is C14H17ClN2O5. The zero-order chi connectivity index (χ0) is 16.7. The van der Waals surface area contributed by atoms with E-state index < -0.39 is 16.6 Å². The average Bonchev–Trinajstić information content (AvgIpc) is 2.50. The molecule has 0 aromatic heterocycles. The van der Waals surface area contributed by atoms with Crippen LogP contribution in [0.15, 0.2) is 24.3 Å². The van der Waals surface area contributed by atoms with Crippen molar-refractivity contribution in [2.24, 2.45) is 5.73 Å². The number of halogens is 1. The number of nitrogens with two attached hydrogens (primary N) is 1. The molecule has 2 N–H and O–H groups in total. The number of carbonyl (C=O) groups excluding carboxylic acids is 1. The number of esters is 1. The molecule has 0 bridgehead atoms. The summed E-state index contributed by atoms with van der Waals surface area (Å²) in [6.07, 6.45) is 4.32. The number of rotatable bonds is 7. The SMILES string of the molecule is C/C=C/CC(N)COc1cc(C(=O)OC)cc([N+](=O)[O-])c1Cl. The largest absolute Gasteiger partial charge is 0.490 e. The van der Waals surface area contributed by atoms with Gasteiger partial charge in [-0.25, -0.2) is 4.79 Å². The van der Waals surface area contributed by atoms with Crippen LogP contribution in [0.4, 0.5) is 5.69 Å². The summed E-state index contributed by atoms with van der Waals surface area (Å²) < 4.78 is 9.97. The van der Waals surface area contributed by atoms with E-state index in [-0.39, 0.29) is 29.0 Å². The molecule has 8 heteroatoms. The van der Waals surface area contributed by atoms with Crippen LogP contribution in [0.3, 0.4) is 0 Å². The summed E-state index contributed by atoms with van der Waals surface area (Å²) in [5.74, 6) is -0.699. The van der Waals surface area contributed by atoms with Crippen molar-refractivity contribution in [1.29, 1.82) is 0 Å². The molecule has 0 heterocycles. The Hall–Kier alpha value is -2.12. The number of hydrogen-bond donors (Lipinski definition) is 1. The van der Waals surface area contributed by atoms with E-state index in [4.69, 9.17) is 22.1 Å². The molecule has 0 radical (unpaired) electrons. The van der Waals surface area contributed by atoms with Gasteiger partial charge in [-0.3, -0.25) is 10.1 Å². The fraction of sp³-hybridized carbons (Fsp3) is 0.357. The van der Waals surface area contributed by atoms with Crippen molar-refractivity contribution in [3.05, 3.63) is 45.0 Å². The number of nitro groups is 1. The quantitative estimate of drug-likeness (QED) is 0.357. The highest BCUT2D eigenvalue weighted by atomic mass is 35.5. The van der Waals surface area contributed by atoms with Gasteiger partial charge >= 0.3 is 5.97 Å². The summed E-state index contributed by atoms with van der Waals surface area (Å²) in [6.45, 7) is 1.97. The van der Waals surface area contributed by atoms with Crippen molar-refractivity contribution in [3.8, 4) is 5.75 Å². The van der Waals surface area contributed by atoms with Crippen molar-refractivity contribution in [3.63, 3.8) is 0 Å². The van der Waals surface area contributed by atoms with E-state index in [0.29, 0.717) is 6.42 Å². The van der Waals surface area contributed by atoms with Gasteiger partial charge in [-0.2, -0.15) is 0 Å². The van der Waals surface area contributed by atoms with E-state index >= 15 is 0 Å². The molecule has 1 atom stereocenters. The maximum atomic E-state index is 11.6. The topological polar surface area (TPSA) is 105 Å². The first-order valence-electron chi connectivity index (χ1n) is 6.46. The number of carbonyl (C=O) groups is 1. The zero-order valence-corrected chi connectivity index (χ0v) is 13.0. The van der Waals surface area contributed by atoms with Crippen LogP contribution in [0, 0.1) is 10.1 Å². The Morgan fingerprint density at radius 2 is 2.23 bits per heavy atom. The monoisotopic (exact) mass is 328 g/mol. The van der Waals surface area contributed by atoms with E-state index in [0.717, 1.165) is 6.07 Å². The number of allylic oxidation sites excluding steroid dienone is 1. The lowest BCUT2D eigenvalue weighted by Crippen LogP contribution is -2.27. The van der Waals surface area contributed by atoms with Crippen LogP contribution in [-0.2, 0) is 4.74 Å². The van der Waals surface area contributed by atoms with Gasteiger partial charge in [-0.15, -0.1) is 0 Å². The minimum atomic E-state index is -0.720. The second-order valence-electron chi connectivity index (χ2n) is 4.43. The molecule has 0 aliphatic heterocycles. The van der Waals surface area contributed by atoms with Gasteiger partial charge in [0.05, 0.1) is 17.6 Å². The number of hydrogen-bond acceptors (Lipinski definition) is 6. The Bertz CT molecular complexity index is 589. The molecule has 0 amide bonds. The number of nitrogens with zero attached hydrogens (tertiary/aromatic N) is 1. The first kappa shape index (κ1) is 17.9. The lowest BCUT2D eigenvalue weighted by atomic mass is 10.2. The summed E-state index contributed by atoms with van der Waals surface area (Å²) in [5.41, 5.74) is 5.39. The number of methoxy groups -OCH3 is 1. The lowest BCUT2D eigenvalue weighted by molar-refractivity contribution is -0.384. The Labute approximate surface area is 132 Å². The molecule has 0 fully saturated rings. The molecular weight excluding hydrogens is 312 g/mol. The molecule has 1 aromatic rings. The van der Waals surface area contributed by atoms with E-state index in [1.165, 1.54) is 13.2 Å². The maximum absolute atomic E-state index is 11.6. The molecule has 0 aliphatic rings. The molecule has 1 rings (SSSR count). The molecule has 120 valence electrons. The molecule has 0 aliphatic carbocycles. The summed E-state index contributed by atoms with van der Waals surface area (Å²) in [5, 5.41) is 10.8. The fourth-order valence-electron chi connectivity index (χ4n) is 1.63. The summed E-state index contributed by atoms with van der Waals surface area (Å²) >= 11 is 5.94. The third-order valence-corrected chi connectivity index (χ3v) is 3.15. The molecule has 0 spiro atoms. The Morgan fingerprint density at radius 1 is 1.55 bits per heavy atom. The summed E-state index contributed by atoms with van der Waals surface area (Å²) in [6, 6.07) is 2.04. The lowest BCUT2D eigenvalue weighted by Gasteiger charge is -2.13. The first-order chi connectivity index (χ1) is 10.4. The molecule has 0 saturated heterocycles. The number of nitro benzene ring substituents is 1. The molecule has 1 unspecified atom stereocenters. The highest BCUT2D eigenvalue weighted by Gasteiger charge is 2.22. The minimum Gasteiger partial charge on any atom is -0.490 e. The van der Waals surface area contributed by atoms with Crippen molar-refractivity contribution in [1.82, 2.24) is 0 Å². The van der Waals surface area contributed by atoms with Crippen LogP contribution in [0.2, 0.25) is 5.02 Å². The second kappa shape index (κ2) is 8.35. The van der Waals surface area contributed by atoms with Crippen LogP contribution in [0.25, 0.3) is 0 Å². The van der Waals surface area contributed by atoms with Gasteiger partial charge in [-0.1, -0.05) is 23.8 Å². The van der Waals surface area contributed by atoms with E-state index in [9.17, 15) is 14.9 Å². The fourth-order valence-corrected chi connectivity index (χ4v) is 1.87. The van der Waals surface area contributed by atoms with Crippen LogP contribution in [0.5, 0.6) is 5.75 Å². The van der Waals surface area contributed by atoms with Gasteiger partial charge in [0.2, 0.25) is 0 Å². The van der Waals surface area contributed by atoms with Crippen LogP contribution < -0.4 is 10.5 Å². The van der Waals surface area contributed by atoms with Crippen molar-refractivity contribution in [2.75, 3.05) is 13.7 Å². The third kappa shape index (κ3) is 4.71. The van der Waals surface area contributed by atoms with Gasteiger partial charge in [0.1, 0.15) is 12.4 Å². The van der Waals surface area contributed by atoms with Crippen LogP contribution in [-0.4, -0.2) is 30.7 Å². The summed E-state index contributed by atoms with van der Waals surface area (Å²) in [7, 11) is 1.18. The molecule has 22 heavy (non-hydrogen) atoms. The van der Waals surface area contributed by atoms with E-state index in [1.54, 1.807) is 0 Å². The first-order valence-corrected chi connectivity index (χ1v) is 6.84. The third-order valence-electron chi connectivity index (χ3n) is 2.77. The molecule has 0 saturated carbocycles. The van der Waals surface area contributed by atoms with E-state index in [1.807, 2.05) is 19.1 Å². The van der Waals surface area contributed by atoms with Crippen molar-refractivity contribution >= 4 is 23.3 Å². The van der Waals surface area contributed by atoms with Gasteiger partial charge in [0, 0.05) is 12.1 Å². The van der Waals surface area contributed by atoms with Crippen molar-refractivity contribution < 1.29 is 19.2 Å². The number of benzene rings is 1. The van der Waals surface area contributed by atoms with Crippen LogP contribution in [0.1, 0.15) is 23.7 Å². The minimum absolute atomic E-state index is 0.0179. The van der Waals surface area contributed by atoms with Gasteiger partial charge in [-0.05, 0) is 19.4 Å². The Kier molecular flexibility index (Phi) is 6.81. The normalized spacial score (nSPS) is 12.2. The highest BCUT2D eigenvalue weighted by Crippen LogP contribution is 2.35. The van der Waals surface area contributed by atoms with Gasteiger partial charge in [0.15, 0.2) is 5.02 Å². The van der Waals surface area contributed by atoms with Gasteiger partial charge < -0.3 is 15.2 Å². The standard InChI is InChI=1S/C14H17ClN2O5/c1-3-4-5-10(16)8-22-12-7-9(14(18)21-2)6-11(13(12)15)17(19)20/h3-4,6-7,10H,5,8,16H2,1-2H3/b4-3+. The second-order valence-corrected chi connectivity index (χ2v) is 4.81. The number of ether oxygens (including phenoxy) is 2. The van der Waals surface area contributed by atoms with Crippen LogP contribution >= 0.6 is 11.6 Å². The predicted molar refractivity (Wildman–Crippen MR) is 82.3 cm³/mol. The zero-order valence-electron chi connectivity index (χ0n) is 12.2. The smallest absolute Gasteiger partial charge is 0.338 e. The van der Waals surface area contributed by atoms with Gasteiger partial charge in [0.25, 0.3) is 5.69 Å². The Balaban J connectivity index is 3.04. The predicted octanol–water partition coefficient (Wildman–Crippen LogP) is 2.71. The molecule has 7 nitrogen and oxygen atoms in total. The Morgan fingerprint density at radius 3 is 2.77 bits per heavy atom. The highest BCUT2D eigenvalue weighted by molar-refractivity contribution is 6.34. The summed E-state index contributed by atoms with van der Waals surface area (Å²) in [4.78, 5) is 21.9. The van der Waals surface area contributed by atoms with Crippen molar-refractivity contribution in [2.45, 2.75) is 19.4 Å². The van der Waals surface area contributed by atoms with E-state index in [2.05, 4.69) is 4.74 Å². The average molecular weight is 329 g/mol. The molecule has 1 aromatic carbocycles. The maximum Gasteiger partial charge on any atom is 0.338 e.